The Labute approximate surface area is 119 Å². The van der Waals surface area contributed by atoms with Crippen molar-refractivity contribution in [3.63, 3.8) is 0 Å². The SMILES string of the molecule is CCCC(OC)c1nc(NC)cc(-c2cnn(C)c2)n1. The van der Waals surface area contributed by atoms with E-state index in [0.717, 1.165) is 29.9 Å². The fourth-order valence-electron chi connectivity index (χ4n) is 2.05. The number of aryl methyl sites for hydroxylation is 1. The first-order chi connectivity index (χ1) is 9.67. The van der Waals surface area contributed by atoms with Gasteiger partial charge in [0, 0.05) is 39.0 Å². The van der Waals surface area contributed by atoms with Crippen molar-refractivity contribution in [3.05, 3.63) is 24.3 Å². The van der Waals surface area contributed by atoms with Crippen molar-refractivity contribution in [2.75, 3.05) is 19.5 Å². The summed E-state index contributed by atoms with van der Waals surface area (Å²) in [4.78, 5) is 9.12. The van der Waals surface area contributed by atoms with Crippen LogP contribution >= 0.6 is 0 Å². The van der Waals surface area contributed by atoms with Gasteiger partial charge in [-0.15, -0.1) is 0 Å². The molecule has 0 radical (unpaired) electrons. The van der Waals surface area contributed by atoms with Crippen LogP contribution in [0.5, 0.6) is 0 Å². The van der Waals surface area contributed by atoms with Crippen LogP contribution in [0.15, 0.2) is 18.5 Å². The molecule has 2 heterocycles. The van der Waals surface area contributed by atoms with Crippen molar-refractivity contribution in [3.8, 4) is 11.3 Å². The summed E-state index contributed by atoms with van der Waals surface area (Å²) in [5.41, 5.74) is 1.82. The molecule has 0 aliphatic heterocycles. The Morgan fingerprint density at radius 1 is 1.40 bits per heavy atom. The Morgan fingerprint density at radius 2 is 2.20 bits per heavy atom. The summed E-state index contributed by atoms with van der Waals surface area (Å²) in [5, 5.41) is 7.26. The zero-order valence-corrected chi connectivity index (χ0v) is 12.4. The lowest BCUT2D eigenvalue weighted by Crippen LogP contribution is -2.09. The van der Waals surface area contributed by atoms with Crippen molar-refractivity contribution in [1.82, 2.24) is 19.7 Å². The van der Waals surface area contributed by atoms with E-state index in [1.807, 2.05) is 26.4 Å². The van der Waals surface area contributed by atoms with Crippen molar-refractivity contribution < 1.29 is 4.74 Å². The Bertz CT molecular complexity index is 566. The Morgan fingerprint density at radius 3 is 2.75 bits per heavy atom. The van der Waals surface area contributed by atoms with Crippen LogP contribution in [0.25, 0.3) is 11.3 Å². The first kappa shape index (κ1) is 14.5. The third kappa shape index (κ3) is 3.14. The summed E-state index contributed by atoms with van der Waals surface area (Å²) in [6.07, 6.45) is 5.58. The van der Waals surface area contributed by atoms with Crippen LogP contribution in [0.2, 0.25) is 0 Å². The summed E-state index contributed by atoms with van der Waals surface area (Å²) in [5.74, 6) is 1.49. The summed E-state index contributed by atoms with van der Waals surface area (Å²) < 4.78 is 7.26. The number of anilines is 1. The Hall–Kier alpha value is -1.95. The average molecular weight is 275 g/mol. The normalized spacial score (nSPS) is 12.4. The summed E-state index contributed by atoms with van der Waals surface area (Å²) in [6, 6.07) is 1.92. The molecule has 108 valence electrons. The van der Waals surface area contributed by atoms with Gasteiger partial charge in [-0.1, -0.05) is 13.3 Å². The minimum absolute atomic E-state index is 0.0799. The molecule has 1 N–H and O–H groups in total. The van der Waals surface area contributed by atoms with Crippen molar-refractivity contribution in [2.24, 2.45) is 7.05 Å². The molecule has 0 aliphatic carbocycles. The highest BCUT2D eigenvalue weighted by Gasteiger charge is 2.16. The molecule has 1 unspecified atom stereocenters. The van der Waals surface area contributed by atoms with Gasteiger partial charge >= 0.3 is 0 Å². The lowest BCUT2D eigenvalue weighted by atomic mass is 10.1. The van der Waals surface area contributed by atoms with E-state index in [-0.39, 0.29) is 6.10 Å². The largest absolute Gasteiger partial charge is 0.373 e. The zero-order chi connectivity index (χ0) is 14.5. The molecule has 20 heavy (non-hydrogen) atoms. The number of ether oxygens (including phenoxy) is 1. The summed E-state index contributed by atoms with van der Waals surface area (Å²) in [6.45, 7) is 2.12. The van der Waals surface area contributed by atoms with Crippen LogP contribution in [0.4, 0.5) is 5.82 Å². The molecular weight excluding hydrogens is 254 g/mol. The molecule has 0 bridgehead atoms. The molecule has 0 saturated carbocycles. The van der Waals surface area contributed by atoms with E-state index in [1.165, 1.54) is 0 Å². The first-order valence-electron chi connectivity index (χ1n) is 6.76. The summed E-state index contributed by atoms with van der Waals surface area (Å²) in [7, 11) is 5.43. The molecule has 0 aromatic carbocycles. The number of hydrogen-bond donors (Lipinski definition) is 1. The van der Waals surface area contributed by atoms with E-state index < -0.39 is 0 Å². The number of hydrogen-bond acceptors (Lipinski definition) is 5. The third-order valence-corrected chi connectivity index (χ3v) is 3.12. The lowest BCUT2D eigenvalue weighted by molar-refractivity contribution is 0.0878. The van der Waals surface area contributed by atoms with E-state index in [0.29, 0.717) is 5.82 Å². The van der Waals surface area contributed by atoms with Gasteiger partial charge in [-0.2, -0.15) is 5.10 Å². The standard InChI is InChI=1S/C14H21N5O/c1-5-6-12(20-4)14-17-11(7-13(15-2)18-14)10-8-16-19(3)9-10/h7-9,12H,5-6H2,1-4H3,(H,15,17,18). The van der Waals surface area contributed by atoms with Gasteiger partial charge < -0.3 is 10.1 Å². The molecule has 0 amide bonds. The third-order valence-electron chi connectivity index (χ3n) is 3.12. The van der Waals surface area contributed by atoms with Gasteiger partial charge in [0.15, 0.2) is 5.82 Å². The van der Waals surface area contributed by atoms with Crippen LogP contribution in [0.3, 0.4) is 0 Å². The highest BCUT2D eigenvalue weighted by atomic mass is 16.5. The highest BCUT2D eigenvalue weighted by molar-refractivity contribution is 5.60. The fourth-order valence-corrected chi connectivity index (χ4v) is 2.05. The molecule has 1 atom stereocenters. The molecule has 0 aliphatic rings. The maximum absolute atomic E-state index is 5.50. The van der Waals surface area contributed by atoms with Crippen molar-refractivity contribution >= 4 is 5.82 Å². The molecule has 0 saturated heterocycles. The van der Waals surface area contributed by atoms with E-state index in [9.17, 15) is 0 Å². The van der Waals surface area contributed by atoms with Gasteiger partial charge in [0.2, 0.25) is 0 Å². The number of nitrogens with zero attached hydrogens (tertiary/aromatic N) is 4. The average Bonchev–Trinajstić information content (AvgIpc) is 2.90. The summed E-state index contributed by atoms with van der Waals surface area (Å²) >= 11 is 0. The maximum atomic E-state index is 5.50. The predicted octanol–water partition coefficient (Wildman–Crippen LogP) is 2.41. The quantitative estimate of drug-likeness (QED) is 0.877. The lowest BCUT2D eigenvalue weighted by Gasteiger charge is -2.15. The smallest absolute Gasteiger partial charge is 0.160 e. The maximum Gasteiger partial charge on any atom is 0.160 e. The van der Waals surface area contributed by atoms with E-state index >= 15 is 0 Å². The van der Waals surface area contributed by atoms with Gasteiger partial charge in [0.1, 0.15) is 11.9 Å². The van der Waals surface area contributed by atoms with Crippen molar-refractivity contribution in [1.29, 1.82) is 0 Å². The number of methoxy groups -OCH3 is 1. The second-order valence-corrected chi connectivity index (χ2v) is 4.66. The second kappa shape index (κ2) is 6.47. The molecular formula is C14H21N5O. The molecule has 2 aromatic rings. The van der Waals surface area contributed by atoms with Crippen LogP contribution in [0.1, 0.15) is 31.7 Å². The minimum atomic E-state index is -0.0799. The topological polar surface area (TPSA) is 64.9 Å². The molecule has 0 fully saturated rings. The number of rotatable bonds is 6. The van der Waals surface area contributed by atoms with Crippen LogP contribution in [0, 0.1) is 0 Å². The van der Waals surface area contributed by atoms with Crippen LogP contribution in [-0.2, 0) is 11.8 Å². The predicted molar refractivity (Wildman–Crippen MR) is 78.4 cm³/mol. The van der Waals surface area contributed by atoms with Crippen LogP contribution in [-0.4, -0.2) is 33.9 Å². The molecule has 6 heteroatoms. The molecule has 6 nitrogen and oxygen atoms in total. The zero-order valence-electron chi connectivity index (χ0n) is 12.4. The van der Waals surface area contributed by atoms with Crippen molar-refractivity contribution in [2.45, 2.75) is 25.9 Å². The van der Waals surface area contributed by atoms with Crippen LogP contribution < -0.4 is 5.32 Å². The van der Waals surface area contributed by atoms with Gasteiger partial charge in [0.25, 0.3) is 0 Å². The van der Waals surface area contributed by atoms with Gasteiger partial charge in [0.05, 0.1) is 11.9 Å². The molecule has 0 spiro atoms. The first-order valence-corrected chi connectivity index (χ1v) is 6.76. The van der Waals surface area contributed by atoms with E-state index in [4.69, 9.17) is 4.74 Å². The molecule has 2 aromatic heterocycles. The fraction of sp³-hybridized carbons (Fsp3) is 0.500. The van der Waals surface area contributed by atoms with Gasteiger partial charge in [-0.3, -0.25) is 4.68 Å². The Balaban J connectivity index is 2.42. The van der Waals surface area contributed by atoms with Gasteiger partial charge in [-0.25, -0.2) is 9.97 Å². The van der Waals surface area contributed by atoms with E-state index in [1.54, 1.807) is 18.0 Å². The number of nitrogens with one attached hydrogen (secondary N) is 1. The molecule has 2 rings (SSSR count). The highest BCUT2D eigenvalue weighted by Crippen LogP contribution is 2.24. The Kier molecular flexibility index (Phi) is 4.68. The van der Waals surface area contributed by atoms with Gasteiger partial charge in [-0.05, 0) is 6.42 Å². The second-order valence-electron chi connectivity index (χ2n) is 4.66. The monoisotopic (exact) mass is 275 g/mol. The minimum Gasteiger partial charge on any atom is -0.373 e. The number of aromatic nitrogens is 4. The van der Waals surface area contributed by atoms with E-state index in [2.05, 4.69) is 27.3 Å².